The molecule has 2 fully saturated rings. The highest BCUT2D eigenvalue weighted by Gasteiger charge is 2.43. The molecule has 160 valence electrons. The number of thiol groups is 1. The lowest BCUT2D eigenvalue weighted by Crippen LogP contribution is -2.58. The number of ether oxygens (including phenoxy) is 1. The van der Waals surface area contributed by atoms with Crippen LogP contribution in [0.4, 0.5) is 5.69 Å². The van der Waals surface area contributed by atoms with Crippen LogP contribution in [-0.4, -0.2) is 60.9 Å². The van der Waals surface area contributed by atoms with Crippen molar-refractivity contribution in [3.63, 3.8) is 0 Å². The van der Waals surface area contributed by atoms with E-state index in [0.29, 0.717) is 43.5 Å². The van der Waals surface area contributed by atoms with E-state index in [2.05, 4.69) is 23.3 Å². The van der Waals surface area contributed by atoms with Crippen molar-refractivity contribution in [1.82, 2.24) is 10.2 Å². The molecule has 2 saturated heterocycles. The van der Waals surface area contributed by atoms with Crippen LogP contribution in [0.2, 0.25) is 5.02 Å². The summed E-state index contributed by atoms with van der Waals surface area (Å²) < 4.78 is 5.54. The molecule has 0 bridgehead atoms. The zero-order chi connectivity index (χ0) is 20.7. The lowest BCUT2D eigenvalue weighted by atomic mass is 9.86. The van der Waals surface area contributed by atoms with E-state index >= 15 is 0 Å². The van der Waals surface area contributed by atoms with Gasteiger partial charge >= 0.3 is 0 Å². The fraction of sp³-hybridized carbons (Fsp3) is 0.619. The normalized spacial score (nSPS) is 19.6. The van der Waals surface area contributed by atoms with Gasteiger partial charge < -0.3 is 20.3 Å². The van der Waals surface area contributed by atoms with E-state index in [1.807, 2.05) is 29.2 Å². The van der Waals surface area contributed by atoms with Gasteiger partial charge in [0.25, 0.3) is 0 Å². The third kappa shape index (κ3) is 6.03. The van der Waals surface area contributed by atoms with Gasteiger partial charge in [-0.3, -0.25) is 9.59 Å². The molecule has 0 radical (unpaired) electrons. The third-order valence-electron chi connectivity index (χ3n) is 5.90. The molecule has 0 unspecified atom stereocenters. The molecule has 0 atom stereocenters. The molecule has 2 aliphatic heterocycles. The fourth-order valence-corrected chi connectivity index (χ4v) is 4.36. The van der Waals surface area contributed by atoms with Crippen molar-refractivity contribution in [1.29, 1.82) is 0 Å². The van der Waals surface area contributed by atoms with Gasteiger partial charge in [0, 0.05) is 56.4 Å². The maximum Gasteiger partial charge on any atom is 0.248 e. The van der Waals surface area contributed by atoms with Crippen molar-refractivity contribution in [2.24, 2.45) is 5.92 Å². The number of nitrogens with zero attached hydrogens (tertiary/aromatic N) is 1. The van der Waals surface area contributed by atoms with Crippen LogP contribution in [0.25, 0.3) is 0 Å². The number of piperidine rings is 1. The van der Waals surface area contributed by atoms with Crippen LogP contribution in [-0.2, 0) is 14.3 Å². The number of hydrogen-bond donors (Lipinski definition) is 3. The first-order valence-electron chi connectivity index (χ1n) is 10.3. The second-order valence-electron chi connectivity index (χ2n) is 7.86. The Morgan fingerprint density at radius 1 is 1.17 bits per heavy atom. The monoisotopic (exact) mass is 439 g/mol. The Kier molecular flexibility index (Phi) is 8.09. The Balaban J connectivity index is 1.57. The highest BCUT2D eigenvalue weighted by Crippen LogP contribution is 2.31. The SMILES string of the molecule is O=C(CS)NCCC1CCN(C(=O)C2(Nc3ccc(Cl)cc3)CCOCC2)CC1. The van der Waals surface area contributed by atoms with Crippen molar-refractivity contribution in [3.05, 3.63) is 29.3 Å². The van der Waals surface area contributed by atoms with Gasteiger partial charge in [0.05, 0.1) is 5.75 Å². The second kappa shape index (κ2) is 10.5. The number of hydrogen-bond acceptors (Lipinski definition) is 5. The predicted molar refractivity (Wildman–Crippen MR) is 119 cm³/mol. The topological polar surface area (TPSA) is 70.7 Å². The molecule has 29 heavy (non-hydrogen) atoms. The molecule has 6 nitrogen and oxygen atoms in total. The molecule has 2 heterocycles. The van der Waals surface area contributed by atoms with Crippen molar-refractivity contribution in [3.8, 4) is 0 Å². The van der Waals surface area contributed by atoms with Gasteiger partial charge in [-0.25, -0.2) is 0 Å². The van der Waals surface area contributed by atoms with Gasteiger partial charge in [-0.05, 0) is 49.4 Å². The van der Waals surface area contributed by atoms with Crippen LogP contribution in [0.5, 0.6) is 0 Å². The van der Waals surface area contributed by atoms with Crippen molar-refractivity contribution < 1.29 is 14.3 Å². The molecule has 0 spiro atoms. The summed E-state index contributed by atoms with van der Waals surface area (Å²) in [5.74, 6) is 0.890. The van der Waals surface area contributed by atoms with Crippen LogP contribution in [0, 0.1) is 5.92 Å². The van der Waals surface area contributed by atoms with Gasteiger partial charge in [0.1, 0.15) is 5.54 Å². The molecule has 0 aromatic heterocycles. The number of carbonyl (C=O) groups excluding carboxylic acids is 2. The Labute approximate surface area is 183 Å². The number of likely N-dealkylation sites (tertiary alicyclic amines) is 1. The zero-order valence-corrected chi connectivity index (χ0v) is 18.3. The first kappa shape index (κ1) is 22.2. The molecule has 0 saturated carbocycles. The minimum Gasteiger partial charge on any atom is -0.381 e. The molecular formula is C21H30ClN3O3S. The van der Waals surface area contributed by atoms with E-state index in [-0.39, 0.29) is 17.6 Å². The number of amides is 2. The zero-order valence-electron chi connectivity index (χ0n) is 16.7. The first-order valence-corrected chi connectivity index (χ1v) is 11.3. The Morgan fingerprint density at radius 2 is 1.83 bits per heavy atom. The van der Waals surface area contributed by atoms with Crippen molar-refractivity contribution >= 4 is 41.7 Å². The number of anilines is 1. The maximum atomic E-state index is 13.5. The Morgan fingerprint density at radius 3 is 2.45 bits per heavy atom. The van der Waals surface area contributed by atoms with Crippen molar-refractivity contribution in [2.75, 3.05) is 43.9 Å². The molecule has 1 aromatic carbocycles. The van der Waals surface area contributed by atoms with Gasteiger partial charge in [0.2, 0.25) is 11.8 Å². The van der Waals surface area contributed by atoms with Crippen LogP contribution >= 0.6 is 24.2 Å². The summed E-state index contributed by atoms with van der Waals surface area (Å²) in [6, 6.07) is 7.50. The molecule has 2 aliphatic rings. The Hall–Kier alpha value is -1.44. The van der Waals surface area contributed by atoms with Gasteiger partial charge in [-0.1, -0.05) is 11.6 Å². The van der Waals surface area contributed by atoms with Crippen molar-refractivity contribution in [2.45, 2.75) is 37.6 Å². The number of carbonyl (C=O) groups is 2. The van der Waals surface area contributed by atoms with E-state index in [4.69, 9.17) is 16.3 Å². The number of benzene rings is 1. The molecule has 8 heteroatoms. The highest BCUT2D eigenvalue weighted by atomic mass is 35.5. The van der Waals surface area contributed by atoms with E-state index in [0.717, 1.165) is 38.0 Å². The lowest BCUT2D eigenvalue weighted by molar-refractivity contribution is -0.140. The summed E-state index contributed by atoms with van der Waals surface area (Å²) in [5.41, 5.74) is 0.277. The standard InChI is InChI=1S/C21H30ClN3O3S/c22-17-1-3-18(4-2-17)24-21(8-13-28-14-9-21)20(27)25-11-6-16(7-12-25)5-10-23-19(26)15-29/h1-4,16,24,29H,5-15H2,(H,23,26). The maximum absolute atomic E-state index is 13.5. The molecule has 2 amide bonds. The number of rotatable bonds is 7. The summed E-state index contributed by atoms with van der Waals surface area (Å²) in [5, 5.41) is 7.05. The quantitative estimate of drug-likeness (QED) is 0.571. The van der Waals surface area contributed by atoms with Gasteiger partial charge in [-0.2, -0.15) is 12.6 Å². The van der Waals surface area contributed by atoms with Gasteiger partial charge in [0.15, 0.2) is 0 Å². The highest BCUT2D eigenvalue weighted by molar-refractivity contribution is 7.81. The van der Waals surface area contributed by atoms with Gasteiger partial charge in [-0.15, -0.1) is 0 Å². The average molecular weight is 440 g/mol. The van der Waals surface area contributed by atoms with E-state index < -0.39 is 5.54 Å². The summed E-state index contributed by atoms with van der Waals surface area (Å²) in [6.07, 6.45) is 4.20. The number of halogens is 1. The van der Waals surface area contributed by atoms with E-state index in [1.165, 1.54) is 0 Å². The number of nitrogens with one attached hydrogen (secondary N) is 2. The minimum atomic E-state index is -0.626. The third-order valence-corrected chi connectivity index (χ3v) is 6.44. The average Bonchev–Trinajstić information content (AvgIpc) is 2.76. The van der Waals surface area contributed by atoms with Crippen LogP contribution in [0.1, 0.15) is 32.1 Å². The molecular weight excluding hydrogens is 410 g/mol. The largest absolute Gasteiger partial charge is 0.381 e. The van der Waals surface area contributed by atoms with Crippen LogP contribution < -0.4 is 10.6 Å². The first-order chi connectivity index (χ1) is 14.0. The van der Waals surface area contributed by atoms with E-state index in [9.17, 15) is 9.59 Å². The van der Waals surface area contributed by atoms with Crippen LogP contribution in [0.3, 0.4) is 0 Å². The smallest absolute Gasteiger partial charge is 0.248 e. The molecule has 1 aromatic rings. The van der Waals surface area contributed by atoms with Crippen LogP contribution in [0.15, 0.2) is 24.3 Å². The molecule has 0 aliphatic carbocycles. The predicted octanol–water partition coefficient (Wildman–Crippen LogP) is 2.98. The summed E-state index contributed by atoms with van der Waals surface area (Å²) in [7, 11) is 0. The van der Waals surface area contributed by atoms with E-state index in [1.54, 1.807) is 0 Å². The molecule has 3 rings (SSSR count). The summed E-state index contributed by atoms with van der Waals surface area (Å²) >= 11 is 9.97. The fourth-order valence-electron chi connectivity index (χ4n) is 4.12. The summed E-state index contributed by atoms with van der Waals surface area (Å²) in [6.45, 7) is 3.35. The summed E-state index contributed by atoms with van der Waals surface area (Å²) in [4.78, 5) is 26.8. The Bertz CT molecular complexity index is 687. The molecule has 2 N–H and O–H groups in total. The lowest BCUT2D eigenvalue weighted by Gasteiger charge is -2.43. The minimum absolute atomic E-state index is 0.0318. The second-order valence-corrected chi connectivity index (χ2v) is 8.61.